The molecule has 0 saturated carbocycles. The van der Waals surface area contributed by atoms with Gasteiger partial charge in [0.1, 0.15) is 0 Å². The number of esters is 1. The van der Waals surface area contributed by atoms with Crippen molar-refractivity contribution in [1.29, 1.82) is 0 Å². The standard InChI is InChI=1S/C14H19NO3S/c1-3-18-14(17)5-4-13(16)15-8-6-12-11(10(15)2)7-9-19-12/h7,9-10H,3-6,8H2,1-2H3. The highest BCUT2D eigenvalue weighted by Gasteiger charge is 2.28. The maximum absolute atomic E-state index is 12.2. The van der Waals surface area contributed by atoms with Crippen LogP contribution in [0.15, 0.2) is 11.4 Å². The van der Waals surface area contributed by atoms with E-state index >= 15 is 0 Å². The number of amides is 1. The van der Waals surface area contributed by atoms with E-state index in [-0.39, 0.29) is 30.8 Å². The Labute approximate surface area is 117 Å². The van der Waals surface area contributed by atoms with Gasteiger partial charge in [-0.15, -0.1) is 11.3 Å². The molecule has 1 aromatic heterocycles. The third-order valence-corrected chi connectivity index (χ3v) is 4.44. The predicted octanol–water partition coefficient (Wildman–Crippen LogP) is 2.54. The fourth-order valence-corrected chi connectivity index (χ4v) is 3.40. The van der Waals surface area contributed by atoms with Crippen LogP contribution in [0.5, 0.6) is 0 Å². The maximum atomic E-state index is 12.2. The van der Waals surface area contributed by atoms with Gasteiger partial charge in [-0.3, -0.25) is 9.59 Å². The smallest absolute Gasteiger partial charge is 0.306 e. The summed E-state index contributed by atoms with van der Waals surface area (Å²) in [6.07, 6.45) is 1.33. The van der Waals surface area contributed by atoms with Crippen LogP contribution in [0.1, 0.15) is 43.2 Å². The van der Waals surface area contributed by atoms with Crippen LogP contribution >= 0.6 is 11.3 Å². The Morgan fingerprint density at radius 1 is 1.47 bits per heavy atom. The zero-order valence-corrected chi connectivity index (χ0v) is 12.2. The zero-order valence-electron chi connectivity index (χ0n) is 11.3. The van der Waals surface area contributed by atoms with Gasteiger partial charge in [-0.25, -0.2) is 0 Å². The molecular formula is C14H19NO3S. The fourth-order valence-electron chi connectivity index (χ4n) is 2.44. The van der Waals surface area contributed by atoms with Gasteiger partial charge in [0.05, 0.1) is 19.1 Å². The van der Waals surface area contributed by atoms with Crippen molar-refractivity contribution in [2.75, 3.05) is 13.2 Å². The minimum atomic E-state index is -0.295. The quantitative estimate of drug-likeness (QED) is 0.797. The lowest BCUT2D eigenvalue weighted by Crippen LogP contribution is -2.38. The summed E-state index contributed by atoms with van der Waals surface area (Å²) in [6.45, 7) is 4.93. The molecule has 1 amide bonds. The molecule has 1 aliphatic rings. The topological polar surface area (TPSA) is 46.6 Å². The lowest BCUT2D eigenvalue weighted by Gasteiger charge is -2.33. The van der Waals surface area contributed by atoms with Gasteiger partial charge < -0.3 is 9.64 Å². The Morgan fingerprint density at radius 2 is 2.26 bits per heavy atom. The van der Waals surface area contributed by atoms with Crippen LogP contribution in [0.25, 0.3) is 0 Å². The van der Waals surface area contributed by atoms with Crippen molar-refractivity contribution in [3.63, 3.8) is 0 Å². The van der Waals surface area contributed by atoms with Crippen LogP contribution < -0.4 is 0 Å². The Hall–Kier alpha value is -1.36. The van der Waals surface area contributed by atoms with E-state index in [4.69, 9.17) is 4.74 Å². The molecule has 1 atom stereocenters. The zero-order chi connectivity index (χ0) is 13.8. The van der Waals surface area contributed by atoms with E-state index in [0.717, 1.165) is 13.0 Å². The molecule has 0 bridgehead atoms. The van der Waals surface area contributed by atoms with Gasteiger partial charge in [-0.05, 0) is 37.3 Å². The fraction of sp³-hybridized carbons (Fsp3) is 0.571. The van der Waals surface area contributed by atoms with E-state index in [2.05, 4.69) is 11.4 Å². The normalized spacial score (nSPS) is 18.0. The van der Waals surface area contributed by atoms with Crippen LogP contribution in [-0.2, 0) is 20.7 Å². The summed E-state index contributed by atoms with van der Waals surface area (Å²) in [4.78, 5) is 26.7. The van der Waals surface area contributed by atoms with Gasteiger partial charge in [0.25, 0.3) is 0 Å². The van der Waals surface area contributed by atoms with E-state index in [9.17, 15) is 9.59 Å². The van der Waals surface area contributed by atoms with Crippen LogP contribution in [0.4, 0.5) is 0 Å². The molecular weight excluding hydrogens is 262 g/mol. The average molecular weight is 281 g/mol. The highest BCUT2D eigenvalue weighted by Crippen LogP contribution is 2.33. The molecule has 0 spiro atoms. The van der Waals surface area contributed by atoms with Crippen molar-refractivity contribution in [2.24, 2.45) is 0 Å². The Bertz CT molecular complexity index is 469. The predicted molar refractivity (Wildman–Crippen MR) is 74.0 cm³/mol. The van der Waals surface area contributed by atoms with Crippen LogP contribution in [0, 0.1) is 0 Å². The number of hydrogen-bond donors (Lipinski definition) is 0. The lowest BCUT2D eigenvalue weighted by atomic mass is 10.0. The van der Waals surface area contributed by atoms with Crippen LogP contribution in [-0.4, -0.2) is 29.9 Å². The summed E-state index contributed by atoms with van der Waals surface area (Å²) >= 11 is 1.76. The van der Waals surface area contributed by atoms with Gasteiger partial charge in [0.15, 0.2) is 0 Å². The maximum Gasteiger partial charge on any atom is 0.306 e. The second-order valence-electron chi connectivity index (χ2n) is 4.62. The summed E-state index contributed by atoms with van der Waals surface area (Å²) in [5.74, 6) is -0.255. The second-order valence-corrected chi connectivity index (χ2v) is 5.62. The number of fused-ring (bicyclic) bond motifs is 1. The van der Waals surface area contributed by atoms with E-state index in [1.54, 1.807) is 18.3 Å². The molecule has 2 heterocycles. The Kier molecular flexibility index (Phi) is 4.58. The number of nitrogens with zero attached hydrogens (tertiary/aromatic N) is 1. The van der Waals surface area contributed by atoms with Gasteiger partial charge in [-0.1, -0.05) is 0 Å². The Balaban J connectivity index is 1.92. The van der Waals surface area contributed by atoms with E-state index < -0.39 is 0 Å². The van der Waals surface area contributed by atoms with Gasteiger partial charge in [0, 0.05) is 17.8 Å². The summed E-state index contributed by atoms with van der Waals surface area (Å²) in [6, 6.07) is 2.21. The number of carbonyl (C=O) groups excluding carboxylic acids is 2. The van der Waals surface area contributed by atoms with E-state index in [1.807, 2.05) is 11.8 Å². The Morgan fingerprint density at radius 3 is 3.00 bits per heavy atom. The van der Waals surface area contributed by atoms with Crippen molar-refractivity contribution in [3.8, 4) is 0 Å². The molecule has 0 fully saturated rings. The summed E-state index contributed by atoms with van der Waals surface area (Å²) < 4.78 is 4.84. The average Bonchev–Trinajstić information content (AvgIpc) is 2.86. The van der Waals surface area contributed by atoms with Crippen molar-refractivity contribution < 1.29 is 14.3 Å². The van der Waals surface area contributed by atoms with Gasteiger partial charge >= 0.3 is 5.97 Å². The molecule has 0 N–H and O–H groups in total. The molecule has 0 aromatic carbocycles. The van der Waals surface area contributed by atoms with Crippen LogP contribution in [0.2, 0.25) is 0 Å². The molecule has 0 aliphatic carbocycles. The summed E-state index contributed by atoms with van der Waals surface area (Å²) in [7, 11) is 0. The van der Waals surface area contributed by atoms with Crippen molar-refractivity contribution in [3.05, 3.63) is 21.9 Å². The van der Waals surface area contributed by atoms with Crippen molar-refractivity contribution in [2.45, 2.75) is 39.2 Å². The first-order valence-corrected chi connectivity index (χ1v) is 7.52. The summed E-state index contributed by atoms with van der Waals surface area (Å²) in [5.41, 5.74) is 1.25. The molecule has 1 aliphatic heterocycles. The van der Waals surface area contributed by atoms with E-state index in [1.165, 1.54) is 10.4 Å². The highest BCUT2D eigenvalue weighted by molar-refractivity contribution is 7.10. The monoisotopic (exact) mass is 281 g/mol. The SMILES string of the molecule is CCOC(=O)CCC(=O)N1CCc2sccc2C1C. The molecule has 0 radical (unpaired) electrons. The lowest BCUT2D eigenvalue weighted by molar-refractivity contribution is -0.146. The summed E-state index contributed by atoms with van der Waals surface area (Å²) in [5, 5.41) is 2.08. The molecule has 2 rings (SSSR count). The first kappa shape index (κ1) is 14.1. The van der Waals surface area contributed by atoms with Crippen molar-refractivity contribution >= 4 is 23.2 Å². The number of thiophene rings is 1. The molecule has 1 aromatic rings. The highest BCUT2D eigenvalue weighted by atomic mass is 32.1. The minimum Gasteiger partial charge on any atom is -0.466 e. The molecule has 104 valence electrons. The minimum absolute atomic E-state index is 0.0393. The largest absolute Gasteiger partial charge is 0.466 e. The molecule has 5 heteroatoms. The molecule has 19 heavy (non-hydrogen) atoms. The third kappa shape index (κ3) is 3.15. The second kappa shape index (κ2) is 6.19. The first-order chi connectivity index (χ1) is 9.13. The molecule has 1 unspecified atom stereocenters. The number of rotatable bonds is 4. The van der Waals surface area contributed by atoms with Gasteiger partial charge in [0.2, 0.25) is 5.91 Å². The van der Waals surface area contributed by atoms with Crippen LogP contribution in [0.3, 0.4) is 0 Å². The van der Waals surface area contributed by atoms with Gasteiger partial charge in [-0.2, -0.15) is 0 Å². The molecule has 0 saturated heterocycles. The third-order valence-electron chi connectivity index (χ3n) is 3.45. The van der Waals surface area contributed by atoms with E-state index in [0.29, 0.717) is 6.61 Å². The number of hydrogen-bond acceptors (Lipinski definition) is 4. The number of carbonyl (C=O) groups is 2. The number of ether oxygens (including phenoxy) is 1. The van der Waals surface area contributed by atoms with Crippen molar-refractivity contribution in [1.82, 2.24) is 4.90 Å². The first-order valence-electron chi connectivity index (χ1n) is 6.64. The molecule has 4 nitrogen and oxygen atoms in total.